The summed E-state index contributed by atoms with van der Waals surface area (Å²) in [6.45, 7) is 0.710. The quantitative estimate of drug-likeness (QED) is 0.397. The SMILES string of the molecule is COc1cc(C2=N/C(=C\c3cc(Cl)c(OC(C)C)c(OC)c3)C(=O)O2)ccc1OC(F)F. The van der Waals surface area contributed by atoms with Crippen molar-refractivity contribution in [3.63, 3.8) is 0 Å². The second kappa shape index (κ2) is 9.86. The molecule has 0 saturated heterocycles. The molecular formula is C22H20ClF2NO6. The van der Waals surface area contributed by atoms with Crippen molar-refractivity contribution in [1.29, 1.82) is 0 Å². The zero-order valence-corrected chi connectivity index (χ0v) is 18.4. The van der Waals surface area contributed by atoms with Crippen LogP contribution in [0.1, 0.15) is 25.0 Å². The van der Waals surface area contributed by atoms with Crippen molar-refractivity contribution in [2.24, 2.45) is 4.99 Å². The molecule has 0 N–H and O–H groups in total. The third kappa shape index (κ3) is 5.28. The molecule has 0 aromatic heterocycles. The van der Waals surface area contributed by atoms with Gasteiger partial charge in [-0.15, -0.1) is 0 Å². The molecular weight excluding hydrogens is 448 g/mol. The predicted octanol–water partition coefficient (Wildman–Crippen LogP) is 5.09. The van der Waals surface area contributed by atoms with E-state index in [1.165, 1.54) is 38.5 Å². The Balaban J connectivity index is 1.93. The molecule has 10 heteroatoms. The van der Waals surface area contributed by atoms with Gasteiger partial charge in [-0.25, -0.2) is 9.79 Å². The van der Waals surface area contributed by atoms with Crippen LogP contribution in [0.2, 0.25) is 5.02 Å². The second-order valence-electron chi connectivity index (χ2n) is 6.78. The smallest absolute Gasteiger partial charge is 0.387 e. The summed E-state index contributed by atoms with van der Waals surface area (Å²) in [5.74, 6) is -0.0326. The van der Waals surface area contributed by atoms with Crippen molar-refractivity contribution in [3.05, 3.63) is 52.2 Å². The second-order valence-corrected chi connectivity index (χ2v) is 7.19. The number of rotatable bonds is 8. The molecule has 0 bridgehead atoms. The number of esters is 1. The maximum absolute atomic E-state index is 12.5. The van der Waals surface area contributed by atoms with Crippen LogP contribution in [0.4, 0.5) is 8.78 Å². The van der Waals surface area contributed by atoms with Crippen molar-refractivity contribution < 1.29 is 37.3 Å². The van der Waals surface area contributed by atoms with Gasteiger partial charge in [0.2, 0.25) is 5.90 Å². The number of carbonyl (C=O) groups excluding carboxylic acids is 1. The molecule has 1 heterocycles. The molecule has 3 rings (SSSR count). The van der Waals surface area contributed by atoms with Crippen LogP contribution >= 0.6 is 11.6 Å². The normalized spacial score (nSPS) is 14.6. The van der Waals surface area contributed by atoms with Gasteiger partial charge in [0.25, 0.3) is 0 Å². The third-order valence-corrected chi connectivity index (χ3v) is 4.44. The number of aliphatic imine (C=N–C) groups is 1. The van der Waals surface area contributed by atoms with E-state index in [0.29, 0.717) is 27.6 Å². The fourth-order valence-electron chi connectivity index (χ4n) is 2.86. The minimum atomic E-state index is -3.01. The van der Waals surface area contributed by atoms with Gasteiger partial charge in [-0.1, -0.05) is 11.6 Å². The Kier molecular flexibility index (Phi) is 7.19. The molecule has 0 spiro atoms. The summed E-state index contributed by atoms with van der Waals surface area (Å²) in [6.07, 6.45) is 1.37. The highest BCUT2D eigenvalue weighted by molar-refractivity contribution is 6.32. The maximum Gasteiger partial charge on any atom is 0.387 e. The minimum Gasteiger partial charge on any atom is -0.493 e. The summed E-state index contributed by atoms with van der Waals surface area (Å²) in [4.78, 5) is 16.5. The Bertz CT molecular complexity index is 1080. The van der Waals surface area contributed by atoms with Crippen molar-refractivity contribution in [1.82, 2.24) is 0 Å². The lowest BCUT2D eigenvalue weighted by molar-refractivity contribution is -0.129. The summed E-state index contributed by atoms with van der Waals surface area (Å²) in [7, 11) is 2.78. The van der Waals surface area contributed by atoms with E-state index >= 15 is 0 Å². The first-order valence-electron chi connectivity index (χ1n) is 9.41. The van der Waals surface area contributed by atoms with Crippen LogP contribution in [-0.2, 0) is 9.53 Å². The number of halogens is 3. The largest absolute Gasteiger partial charge is 0.493 e. The Morgan fingerprint density at radius 2 is 1.75 bits per heavy atom. The first kappa shape index (κ1) is 23.3. The van der Waals surface area contributed by atoms with Gasteiger partial charge in [0.1, 0.15) is 0 Å². The van der Waals surface area contributed by atoms with Gasteiger partial charge in [-0.2, -0.15) is 8.78 Å². The third-order valence-electron chi connectivity index (χ3n) is 4.16. The van der Waals surface area contributed by atoms with E-state index in [2.05, 4.69) is 9.73 Å². The van der Waals surface area contributed by atoms with Crippen LogP contribution in [-0.4, -0.2) is 38.8 Å². The van der Waals surface area contributed by atoms with Crippen LogP contribution in [0, 0.1) is 0 Å². The van der Waals surface area contributed by atoms with Gasteiger partial charge in [0.15, 0.2) is 28.7 Å². The molecule has 0 unspecified atom stereocenters. The monoisotopic (exact) mass is 467 g/mol. The standard InChI is InChI=1S/C22H20ClF2NO6/c1-11(2)30-19-14(23)7-12(9-18(19)29-4)8-15-21(27)32-20(26-15)13-5-6-16(31-22(24)25)17(10-13)28-3/h5-11,22H,1-4H3/b15-8-. The van der Waals surface area contributed by atoms with Crippen molar-refractivity contribution in [3.8, 4) is 23.0 Å². The number of nitrogens with zero attached hydrogens (tertiary/aromatic N) is 1. The van der Waals surface area contributed by atoms with Crippen molar-refractivity contribution in [2.45, 2.75) is 26.6 Å². The van der Waals surface area contributed by atoms with E-state index in [9.17, 15) is 13.6 Å². The molecule has 0 aliphatic carbocycles. The molecule has 1 aliphatic rings. The highest BCUT2D eigenvalue weighted by atomic mass is 35.5. The van der Waals surface area contributed by atoms with Crippen molar-refractivity contribution in [2.75, 3.05) is 14.2 Å². The molecule has 0 amide bonds. The van der Waals surface area contributed by atoms with Gasteiger partial charge in [-0.3, -0.25) is 0 Å². The van der Waals surface area contributed by atoms with Crippen LogP contribution in [0.3, 0.4) is 0 Å². The number of benzene rings is 2. The van der Waals surface area contributed by atoms with E-state index in [-0.39, 0.29) is 29.2 Å². The number of hydrogen-bond donors (Lipinski definition) is 0. The Morgan fingerprint density at radius 1 is 1.03 bits per heavy atom. The minimum absolute atomic E-state index is 0.0130. The first-order valence-corrected chi connectivity index (χ1v) is 9.79. The summed E-state index contributed by atoms with van der Waals surface area (Å²) in [6, 6.07) is 7.33. The summed E-state index contributed by atoms with van der Waals surface area (Å²) >= 11 is 6.32. The molecule has 0 radical (unpaired) electrons. The van der Waals surface area contributed by atoms with Crippen molar-refractivity contribution >= 4 is 29.5 Å². The Labute approximate surface area is 188 Å². The van der Waals surface area contributed by atoms with E-state index in [1.54, 1.807) is 12.1 Å². The highest BCUT2D eigenvalue weighted by Gasteiger charge is 2.26. The molecule has 0 fully saturated rings. The molecule has 32 heavy (non-hydrogen) atoms. The molecule has 2 aromatic rings. The van der Waals surface area contributed by atoms with Gasteiger partial charge in [0, 0.05) is 5.56 Å². The van der Waals surface area contributed by atoms with E-state index in [0.717, 1.165) is 0 Å². The van der Waals surface area contributed by atoms with Crippen LogP contribution in [0.25, 0.3) is 6.08 Å². The van der Waals surface area contributed by atoms with E-state index < -0.39 is 12.6 Å². The van der Waals surface area contributed by atoms with Gasteiger partial charge < -0.3 is 23.7 Å². The highest BCUT2D eigenvalue weighted by Crippen LogP contribution is 2.38. The summed E-state index contributed by atoms with van der Waals surface area (Å²) < 4.78 is 50.7. The van der Waals surface area contributed by atoms with Crippen LogP contribution in [0.5, 0.6) is 23.0 Å². The Hall–Kier alpha value is -3.33. The van der Waals surface area contributed by atoms with E-state index in [1.807, 2.05) is 13.8 Å². The van der Waals surface area contributed by atoms with Gasteiger partial charge in [-0.05, 0) is 55.8 Å². The molecule has 2 aromatic carbocycles. The lowest BCUT2D eigenvalue weighted by Gasteiger charge is -2.15. The summed E-state index contributed by atoms with van der Waals surface area (Å²) in [5, 5.41) is 0.305. The fourth-order valence-corrected chi connectivity index (χ4v) is 3.12. The van der Waals surface area contributed by atoms with Crippen LogP contribution in [0.15, 0.2) is 41.0 Å². The molecule has 170 valence electrons. The number of ether oxygens (including phenoxy) is 5. The topological polar surface area (TPSA) is 75.6 Å². The molecule has 0 saturated carbocycles. The molecule has 1 aliphatic heterocycles. The average molecular weight is 468 g/mol. The van der Waals surface area contributed by atoms with Crippen LogP contribution < -0.4 is 18.9 Å². The zero-order valence-electron chi connectivity index (χ0n) is 17.6. The Morgan fingerprint density at radius 3 is 2.38 bits per heavy atom. The zero-order chi connectivity index (χ0) is 23.4. The lowest BCUT2D eigenvalue weighted by Crippen LogP contribution is -2.07. The number of hydrogen-bond acceptors (Lipinski definition) is 7. The lowest BCUT2D eigenvalue weighted by atomic mass is 10.1. The van der Waals surface area contributed by atoms with Gasteiger partial charge >= 0.3 is 12.6 Å². The van der Waals surface area contributed by atoms with Gasteiger partial charge in [0.05, 0.1) is 25.3 Å². The number of methoxy groups -OCH3 is 2. The predicted molar refractivity (Wildman–Crippen MR) is 114 cm³/mol. The number of alkyl halides is 2. The number of carbonyl (C=O) groups is 1. The first-order chi connectivity index (χ1) is 15.2. The van der Waals surface area contributed by atoms with E-state index in [4.69, 9.17) is 30.5 Å². The molecule has 0 atom stereocenters. The average Bonchev–Trinajstić information content (AvgIpc) is 3.09. The number of cyclic esters (lactones) is 1. The molecule has 7 nitrogen and oxygen atoms in total. The summed E-state index contributed by atoms with van der Waals surface area (Å²) in [5.41, 5.74) is 0.900. The maximum atomic E-state index is 12.5. The fraction of sp³-hybridized carbons (Fsp3) is 0.273.